The molecule has 0 aliphatic rings. The fourth-order valence-corrected chi connectivity index (χ4v) is 5.67. The standard InChI is InChI=1S/C29H22Cl2N2O3S/c1-2-4-26-21(28(33-36-26)27-22(30)5-3-6-23(27)31)16-37-20-11-7-17(8-12-20)18-9-13-24-19(15-18)10-14-25(32-24)29(34)35/h3,5-15H,2,4,16H2,1H3,(H,34,35). The van der Waals surface area contributed by atoms with Crippen molar-refractivity contribution in [2.24, 2.45) is 0 Å². The third-order valence-electron chi connectivity index (χ3n) is 6.03. The highest BCUT2D eigenvalue weighted by atomic mass is 35.5. The van der Waals surface area contributed by atoms with Gasteiger partial charge in [-0.25, -0.2) is 9.78 Å². The molecule has 186 valence electrons. The van der Waals surface area contributed by atoms with Crippen LogP contribution in [0.15, 0.2) is 82.2 Å². The molecule has 2 aromatic heterocycles. The van der Waals surface area contributed by atoms with Crippen molar-refractivity contribution in [1.82, 2.24) is 10.1 Å². The van der Waals surface area contributed by atoms with Crippen LogP contribution in [0.3, 0.4) is 0 Å². The van der Waals surface area contributed by atoms with E-state index in [2.05, 4.69) is 41.3 Å². The van der Waals surface area contributed by atoms with E-state index in [1.807, 2.05) is 24.3 Å². The molecule has 8 heteroatoms. The fourth-order valence-electron chi connectivity index (χ4n) is 4.16. The summed E-state index contributed by atoms with van der Waals surface area (Å²) in [6.45, 7) is 2.11. The smallest absolute Gasteiger partial charge is 0.354 e. The highest BCUT2D eigenvalue weighted by Gasteiger charge is 2.21. The molecule has 0 atom stereocenters. The van der Waals surface area contributed by atoms with Gasteiger partial charge in [-0.05, 0) is 60.0 Å². The lowest BCUT2D eigenvalue weighted by Gasteiger charge is -2.09. The lowest BCUT2D eigenvalue weighted by molar-refractivity contribution is 0.0691. The van der Waals surface area contributed by atoms with Gasteiger partial charge in [-0.3, -0.25) is 0 Å². The summed E-state index contributed by atoms with van der Waals surface area (Å²) < 4.78 is 5.70. The number of fused-ring (bicyclic) bond motifs is 1. The molecular formula is C29H22Cl2N2O3S. The average Bonchev–Trinajstić information content (AvgIpc) is 3.29. The van der Waals surface area contributed by atoms with Crippen LogP contribution >= 0.6 is 35.0 Å². The number of aromatic nitrogens is 2. The molecule has 0 saturated heterocycles. The number of aromatic carboxylic acids is 1. The SMILES string of the molecule is CCCc1onc(-c2c(Cl)cccc2Cl)c1CSc1ccc(-c2ccc3nc(C(=O)O)ccc3c2)cc1. The van der Waals surface area contributed by atoms with E-state index in [-0.39, 0.29) is 5.69 Å². The second kappa shape index (κ2) is 11.0. The zero-order chi connectivity index (χ0) is 25.9. The van der Waals surface area contributed by atoms with Gasteiger partial charge in [0.2, 0.25) is 0 Å². The number of carboxylic acid groups (broad SMARTS) is 1. The average molecular weight is 549 g/mol. The second-order valence-electron chi connectivity index (χ2n) is 8.50. The first-order valence-corrected chi connectivity index (χ1v) is 13.5. The van der Waals surface area contributed by atoms with Crippen LogP contribution in [0.25, 0.3) is 33.3 Å². The number of carbonyl (C=O) groups is 1. The minimum absolute atomic E-state index is 0.0384. The maximum absolute atomic E-state index is 11.2. The first-order chi connectivity index (χ1) is 17.9. The molecule has 0 bridgehead atoms. The molecule has 5 aromatic rings. The summed E-state index contributed by atoms with van der Waals surface area (Å²) in [6.07, 6.45) is 1.73. The molecule has 0 saturated carbocycles. The summed E-state index contributed by atoms with van der Waals surface area (Å²) in [6, 6.07) is 22.9. The van der Waals surface area contributed by atoms with Gasteiger partial charge in [-0.15, -0.1) is 11.8 Å². The van der Waals surface area contributed by atoms with Gasteiger partial charge in [-0.2, -0.15) is 0 Å². The Bertz CT molecular complexity index is 1580. The summed E-state index contributed by atoms with van der Waals surface area (Å²) in [4.78, 5) is 16.5. The summed E-state index contributed by atoms with van der Waals surface area (Å²) >= 11 is 14.6. The Morgan fingerprint density at radius 1 is 0.973 bits per heavy atom. The molecule has 0 radical (unpaired) electrons. The largest absolute Gasteiger partial charge is 0.477 e. The van der Waals surface area contributed by atoms with Crippen LogP contribution in [0.2, 0.25) is 10.0 Å². The molecule has 5 nitrogen and oxygen atoms in total. The summed E-state index contributed by atoms with van der Waals surface area (Å²) in [7, 11) is 0. The Labute approximate surface area is 228 Å². The summed E-state index contributed by atoms with van der Waals surface area (Å²) in [5.41, 5.74) is 5.19. The Balaban J connectivity index is 1.37. The number of thioether (sulfide) groups is 1. The van der Waals surface area contributed by atoms with E-state index in [0.29, 0.717) is 32.6 Å². The predicted octanol–water partition coefficient (Wildman–Crippen LogP) is 8.81. The van der Waals surface area contributed by atoms with Gasteiger partial charge in [0.05, 0.1) is 15.6 Å². The molecule has 5 rings (SSSR count). The molecule has 0 amide bonds. The molecule has 0 fully saturated rings. The van der Waals surface area contributed by atoms with Crippen molar-refractivity contribution in [1.29, 1.82) is 0 Å². The maximum atomic E-state index is 11.2. The number of hydrogen-bond donors (Lipinski definition) is 1. The minimum Gasteiger partial charge on any atom is -0.477 e. The predicted molar refractivity (Wildman–Crippen MR) is 150 cm³/mol. The van der Waals surface area contributed by atoms with Crippen LogP contribution in [-0.2, 0) is 12.2 Å². The number of benzene rings is 3. The minimum atomic E-state index is -1.03. The molecular weight excluding hydrogens is 527 g/mol. The zero-order valence-electron chi connectivity index (χ0n) is 19.9. The summed E-state index contributed by atoms with van der Waals surface area (Å²) in [5, 5.41) is 15.5. The number of aryl methyl sites for hydroxylation is 1. The van der Waals surface area contributed by atoms with E-state index in [1.165, 1.54) is 6.07 Å². The van der Waals surface area contributed by atoms with Gasteiger partial charge in [0, 0.05) is 33.6 Å². The number of pyridine rings is 1. The van der Waals surface area contributed by atoms with Gasteiger partial charge in [0.1, 0.15) is 17.1 Å². The molecule has 0 spiro atoms. The van der Waals surface area contributed by atoms with Crippen molar-refractivity contribution in [2.45, 2.75) is 30.4 Å². The van der Waals surface area contributed by atoms with E-state index in [1.54, 1.807) is 30.0 Å². The first-order valence-electron chi connectivity index (χ1n) is 11.7. The van der Waals surface area contributed by atoms with Crippen molar-refractivity contribution in [3.05, 3.63) is 99.9 Å². The van der Waals surface area contributed by atoms with Gasteiger partial charge >= 0.3 is 5.97 Å². The van der Waals surface area contributed by atoms with Crippen LogP contribution in [0.5, 0.6) is 0 Å². The van der Waals surface area contributed by atoms with Crippen molar-refractivity contribution >= 4 is 51.8 Å². The van der Waals surface area contributed by atoms with E-state index in [9.17, 15) is 4.79 Å². The lowest BCUT2D eigenvalue weighted by Crippen LogP contribution is -1.99. The normalized spacial score (nSPS) is 11.2. The van der Waals surface area contributed by atoms with Crippen LogP contribution in [0.1, 0.15) is 35.2 Å². The van der Waals surface area contributed by atoms with E-state index >= 15 is 0 Å². The van der Waals surface area contributed by atoms with Crippen LogP contribution < -0.4 is 0 Å². The lowest BCUT2D eigenvalue weighted by atomic mass is 10.0. The molecule has 1 N–H and O–H groups in total. The van der Waals surface area contributed by atoms with E-state index < -0.39 is 5.97 Å². The van der Waals surface area contributed by atoms with Crippen molar-refractivity contribution in [2.75, 3.05) is 0 Å². The fraction of sp³-hybridized carbons (Fsp3) is 0.138. The number of halogens is 2. The second-order valence-corrected chi connectivity index (χ2v) is 10.4. The Morgan fingerprint density at radius 2 is 1.70 bits per heavy atom. The van der Waals surface area contributed by atoms with Gasteiger partial charge in [-0.1, -0.05) is 65.6 Å². The van der Waals surface area contributed by atoms with Crippen molar-refractivity contribution in [3.8, 4) is 22.4 Å². The molecule has 37 heavy (non-hydrogen) atoms. The molecule has 0 aliphatic carbocycles. The topological polar surface area (TPSA) is 76.2 Å². The van der Waals surface area contributed by atoms with Crippen molar-refractivity contribution in [3.63, 3.8) is 0 Å². The van der Waals surface area contributed by atoms with Gasteiger partial charge in [0.25, 0.3) is 0 Å². The Hall–Kier alpha value is -3.32. The highest BCUT2D eigenvalue weighted by Crippen LogP contribution is 2.39. The Morgan fingerprint density at radius 3 is 2.41 bits per heavy atom. The number of carboxylic acids is 1. The Kier molecular flexibility index (Phi) is 7.51. The summed E-state index contributed by atoms with van der Waals surface area (Å²) in [5.74, 6) is 0.491. The molecule has 2 heterocycles. The molecule has 3 aromatic carbocycles. The van der Waals surface area contributed by atoms with Gasteiger partial charge in [0.15, 0.2) is 0 Å². The van der Waals surface area contributed by atoms with E-state index in [0.717, 1.165) is 45.6 Å². The zero-order valence-corrected chi connectivity index (χ0v) is 22.2. The quantitative estimate of drug-likeness (QED) is 0.195. The third kappa shape index (κ3) is 5.37. The van der Waals surface area contributed by atoms with Crippen LogP contribution in [0.4, 0.5) is 0 Å². The van der Waals surface area contributed by atoms with Crippen LogP contribution in [0, 0.1) is 0 Å². The number of hydrogen-bond acceptors (Lipinski definition) is 5. The van der Waals surface area contributed by atoms with E-state index in [4.69, 9.17) is 32.8 Å². The van der Waals surface area contributed by atoms with Crippen LogP contribution in [-0.4, -0.2) is 21.2 Å². The number of nitrogens with zero attached hydrogens (tertiary/aromatic N) is 2. The van der Waals surface area contributed by atoms with Crippen molar-refractivity contribution < 1.29 is 14.4 Å². The maximum Gasteiger partial charge on any atom is 0.354 e. The molecule has 0 aliphatic heterocycles. The monoisotopic (exact) mass is 548 g/mol. The molecule has 0 unspecified atom stereocenters. The highest BCUT2D eigenvalue weighted by molar-refractivity contribution is 7.98. The first kappa shape index (κ1) is 25.3. The number of rotatable bonds is 8. The van der Waals surface area contributed by atoms with Gasteiger partial charge < -0.3 is 9.63 Å². The third-order valence-corrected chi connectivity index (χ3v) is 7.69.